The zero-order chi connectivity index (χ0) is 16.6. The van der Waals surface area contributed by atoms with Gasteiger partial charge in [-0.15, -0.1) is 0 Å². The molecular formula is C20H36OSi. The SMILES string of the molecule is CCC(C)C(CC(C)CCO[SiH3])(c1ccccc1)C(C)CC. The fourth-order valence-corrected chi connectivity index (χ4v) is 4.29. The summed E-state index contributed by atoms with van der Waals surface area (Å²) < 4.78 is 5.45. The molecule has 0 N–H and O–H groups in total. The Balaban J connectivity index is 3.21. The second-order valence-electron chi connectivity index (χ2n) is 7.12. The van der Waals surface area contributed by atoms with Gasteiger partial charge in [0.1, 0.15) is 10.5 Å². The number of rotatable bonds is 10. The molecule has 3 atom stereocenters. The lowest BCUT2D eigenvalue weighted by atomic mass is 9.58. The molecule has 1 nitrogen and oxygen atoms in total. The van der Waals surface area contributed by atoms with Crippen LogP contribution in [0.1, 0.15) is 65.9 Å². The molecule has 0 aromatic heterocycles. The van der Waals surface area contributed by atoms with Crippen molar-refractivity contribution < 1.29 is 4.43 Å². The second kappa shape index (κ2) is 9.52. The van der Waals surface area contributed by atoms with Crippen molar-refractivity contribution in [3.63, 3.8) is 0 Å². The zero-order valence-corrected chi connectivity index (χ0v) is 17.6. The zero-order valence-electron chi connectivity index (χ0n) is 15.6. The molecule has 0 amide bonds. The van der Waals surface area contributed by atoms with Gasteiger partial charge >= 0.3 is 0 Å². The predicted octanol–water partition coefficient (Wildman–Crippen LogP) is 4.73. The van der Waals surface area contributed by atoms with Gasteiger partial charge in [0.05, 0.1) is 0 Å². The fourth-order valence-electron chi connectivity index (χ4n) is 4.05. The van der Waals surface area contributed by atoms with Gasteiger partial charge in [-0.2, -0.15) is 0 Å². The van der Waals surface area contributed by atoms with E-state index in [-0.39, 0.29) is 5.41 Å². The Kier molecular flexibility index (Phi) is 8.41. The van der Waals surface area contributed by atoms with Crippen molar-refractivity contribution >= 4 is 10.5 Å². The molecular weight excluding hydrogens is 284 g/mol. The molecule has 22 heavy (non-hydrogen) atoms. The Labute approximate surface area is 141 Å². The molecule has 1 aromatic carbocycles. The minimum Gasteiger partial charge on any atom is -0.428 e. The first kappa shape index (κ1) is 19.4. The summed E-state index contributed by atoms with van der Waals surface area (Å²) in [4.78, 5) is 0. The molecule has 2 heteroatoms. The van der Waals surface area contributed by atoms with E-state index in [0.29, 0.717) is 17.8 Å². The lowest BCUT2D eigenvalue weighted by Gasteiger charge is -2.46. The molecule has 0 saturated heterocycles. The van der Waals surface area contributed by atoms with E-state index in [4.69, 9.17) is 4.43 Å². The van der Waals surface area contributed by atoms with E-state index in [1.165, 1.54) is 31.2 Å². The van der Waals surface area contributed by atoms with Crippen LogP contribution < -0.4 is 0 Å². The Morgan fingerprint density at radius 1 is 1.00 bits per heavy atom. The average molecular weight is 321 g/mol. The van der Waals surface area contributed by atoms with Gasteiger partial charge in [0, 0.05) is 12.0 Å². The quantitative estimate of drug-likeness (QED) is 0.566. The molecule has 126 valence electrons. The van der Waals surface area contributed by atoms with E-state index in [0.717, 1.165) is 17.1 Å². The Bertz CT molecular complexity index is 393. The van der Waals surface area contributed by atoms with Gasteiger partial charge in [-0.25, -0.2) is 0 Å². The molecule has 0 aliphatic carbocycles. The van der Waals surface area contributed by atoms with Crippen LogP contribution in [0.15, 0.2) is 30.3 Å². The molecule has 0 heterocycles. The van der Waals surface area contributed by atoms with E-state index in [9.17, 15) is 0 Å². The Hall–Kier alpha value is -0.603. The van der Waals surface area contributed by atoms with Gasteiger partial charge in [-0.05, 0) is 36.2 Å². The second-order valence-corrected chi connectivity index (χ2v) is 7.69. The van der Waals surface area contributed by atoms with E-state index in [1.807, 2.05) is 0 Å². The summed E-state index contributed by atoms with van der Waals surface area (Å²) in [5.41, 5.74) is 1.83. The van der Waals surface area contributed by atoms with Crippen molar-refractivity contribution in [2.24, 2.45) is 17.8 Å². The third kappa shape index (κ3) is 4.45. The van der Waals surface area contributed by atoms with E-state index in [2.05, 4.69) is 65.0 Å². The van der Waals surface area contributed by atoms with Crippen molar-refractivity contribution in [2.45, 2.75) is 65.7 Å². The molecule has 0 spiro atoms. The molecule has 3 unspecified atom stereocenters. The van der Waals surface area contributed by atoms with Crippen LogP contribution in [-0.2, 0) is 9.84 Å². The first-order chi connectivity index (χ1) is 10.5. The van der Waals surface area contributed by atoms with Crippen molar-refractivity contribution in [1.82, 2.24) is 0 Å². The van der Waals surface area contributed by atoms with Gasteiger partial charge in [0.2, 0.25) is 0 Å². The van der Waals surface area contributed by atoms with Crippen LogP contribution in [0.4, 0.5) is 0 Å². The normalized spacial score (nSPS) is 18.6. The number of hydrogen-bond acceptors (Lipinski definition) is 1. The van der Waals surface area contributed by atoms with E-state index in [1.54, 1.807) is 0 Å². The van der Waals surface area contributed by atoms with Gasteiger partial charge in [0.25, 0.3) is 0 Å². The molecule has 0 saturated carbocycles. The lowest BCUT2D eigenvalue weighted by Crippen LogP contribution is -2.41. The van der Waals surface area contributed by atoms with Crippen LogP contribution in [0, 0.1) is 17.8 Å². The highest BCUT2D eigenvalue weighted by atomic mass is 28.2. The first-order valence-electron chi connectivity index (χ1n) is 9.07. The van der Waals surface area contributed by atoms with Crippen LogP contribution in [0.25, 0.3) is 0 Å². The van der Waals surface area contributed by atoms with Gasteiger partial charge < -0.3 is 4.43 Å². The van der Waals surface area contributed by atoms with E-state index >= 15 is 0 Å². The van der Waals surface area contributed by atoms with Crippen LogP contribution in [0.5, 0.6) is 0 Å². The van der Waals surface area contributed by atoms with Crippen molar-refractivity contribution in [1.29, 1.82) is 0 Å². The van der Waals surface area contributed by atoms with E-state index < -0.39 is 0 Å². The van der Waals surface area contributed by atoms with Gasteiger partial charge in [-0.1, -0.05) is 77.8 Å². The third-order valence-electron chi connectivity index (χ3n) is 5.80. The topological polar surface area (TPSA) is 9.23 Å². The first-order valence-corrected chi connectivity index (χ1v) is 9.88. The summed E-state index contributed by atoms with van der Waals surface area (Å²) in [6.07, 6.45) is 4.93. The molecule has 1 rings (SSSR count). The lowest BCUT2D eigenvalue weighted by molar-refractivity contribution is 0.135. The monoisotopic (exact) mass is 320 g/mol. The largest absolute Gasteiger partial charge is 0.428 e. The average Bonchev–Trinajstić information content (AvgIpc) is 2.57. The highest BCUT2D eigenvalue weighted by molar-refractivity contribution is 5.97. The molecule has 0 bridgehead atoms. The number of benzene rings is 1. The minimum atomic E-state index is 0.287. The maximum atomic E-state index is 5.45. The Morgan fingerprint density at radius 2 is 1.55 bits per heavy atom. The van der Waals surface area contributed by atoms with Crippen LogP contribution >= 0.6 is 0 Å². The van der Waals surface area contributed by atoms with Crippen molar-refractivity contribution in [3.8, 4) is 0 Å². The van der Waals surface area contributed by atoms with Gasteiger partial charge in [0.15, 0.2) is 0 Å². The third-order valence-corrected chi connectivity index (χ3v) is 6.20. The maximum Gasteiger partial charge on any atom is 0.145 e. The summed E-state index contributed by atoms with van der Waals surface area (Å²) in [5.74, 6) is 2.10. The maximum absolute atomic E-state index is 5.45. The number of hydrogen-bond donors (Lipinski definition) is 0. The van der Waals surface area contributed by atoms with Crippen molar-refractivity contribution in [3.05, 3.63) is 35.9 Å². The molecule has 0 aliphatic rings. The summed E-state index contributed by atoms with van der Waals surface area (Å²) in [6, 6.07) is 11.3. The van der Waals surface area contributed by atoms with Crippen LogP contribution in [0.3, 0.4) is 0 Å². The van der Waals surface area contributed by atoms with Crippen molar-refractivity contribution in [2.75, 3.05) is 6.61 Å². The summed E-state index contributed by atoms with van der Waals surface area (Å²) in [6.45, 7) is 12.9. The van der Waals surface area contributed by atoms with Gasteiger partial charge in [-0.3, -0.25) is 0 Å². The summed E-state index contributed by atoms with van der Waals surface area (Å²) in [7, 11) is 0.857. The molecule has 0 aliphatic heterocycles. The standard InChI is InChI=1S/C20H36OSi/c1-6-17(4)20(18(5)7-2,15-16(3)13-14-21-22)19-11-9-8-10-12-19/h8-12,16-18H,6-7,13-15H2,1-5,22H3. The summed E-state index contributed by atoms with van der Waals surface area (Å²) in [5, 5.41) is 0. The smallest absolute Gasteiger partial charge is 0.145 e. The predicted molar refractivity (Wildman–Crippen MR) is 101 cm³/mol. The summed E-state index contributed by atoms with van der Waals surface area (Å²) >= 11 is 0. The molecule has 0 radical (unpaired) electrons. The highest BCUT2D eigenvalue weighted by Crippen LogP contribution is 2.47. The minimum absolute atomic E-state index is 0.287. The molecule has 1 aromatic rings. The van der Waals surface area contributed by atoms with Crippen LogP contribution in [-0.4, -0.2) is 17.1 Å². The van der Waals surface area contributed by atoms with Crippen LogP contribution in [0.2, 0.25) is 0 Å². The fraction of sp³-hybridized carbons (Fsp3) is 0.700. The Morgan fingerprint density at radius 3 is 2.00 bits per heavy atom. The highest BCUT2D eigenvalue weighted by Gasteiger charge is 2.41. The molecule has 0 fully saturated rings.